The summed E-state index contributed by atoms with van der Waals surface area (Å²) < 4.78 is 1.38. The van der Waals surface area contributed by atoms with Crippen molar-refractivity contribution in [1.82, 2.24) is 14.7 Å². The third-order valence-electron chi connectivity index (χ3n) is 2.71. The Morgan fingerprint density at radius 3 is 2.53 bits per heavy atom. The molecule has 0 saturated heterocycles. The molecule has 7 heteroatoms. The van der Waals surface area contributed by atoms with Gasteiger partial charge in [0.1, 0.15) is 17.9 Å². The van der Waals surface area contributed by atoms with E-state index in [1.165, 1.54) is 4.68 Å². The lowest BCUT2D eigenvalue weighted by Gasteiger charge is -2.14. The summed E-state index contributed by atoms with van der Waals surface area (Å²) in [6, 6.07) is 0. The number of nitro groups is 1. The van der Waals surface area contributed by atoms with Gasteiger partial charge in [0.2, 0.25) is 5.91 Å². The molecule has 0 spiro atoms. The van der Waals surface area contributed by atoms with Gasteiger partial charge in [-0.1, -0.05) is 0 Å². The lowest BCUT2D eigenvalue weighted by atomic mass is 10.3. The van der Waals surface area contributed by atoms with Crippen molar-refractivity contribution < 1.29 is 9.72 Å². The molecule has 0 bridgehead atoms. The van der Waals surface area contributed by atoms with E-state index in [0.29, 0.717) is 17.9 Å². The summed E-state index contributed by atoms with van der Waals surface area (Å²) in [6.45, 7) is 5.65. The van der Waals surface area contributed by atoms with Crippen LogP contribution < -0.4 is 0 Å². The van der Waals surface area contributed by atoms with Crippen LogP contribution in [0.25, 0.3) is 0 Å². The number of hydrogen-bond donors (Lipinski definition) is 0. The molecule has 0 unspecified atom stereocenters. The third-order valence-corrected chi connectivity index (χ3v) is 2.71. The molecule has 0 aliphatic rings. The molecule has 0 N–H and O–H groups in total. The smallest absolute Gasteiger partial charge is 0.312 e. The average molecular weight is 240 g/mol. The molecule has 17 heavy (non-hydrogen) atoms. The Labute approximate surface area is 99.2 Å². The molecule has 1 heterocycles. The van der Waals surface area contributed by atoms with Crippen molar-refractivity contribution in [3.8, 4) is 0 Å². The van der Waals surface area contributed by atoms with E-state index >= 15 is 0 Å². The Balaban J connectivity index is 2.98. The highest BCUT2D eigenvalue weighted by Crippen LogP contribution is 2.21. The van der Waals surface area contributed by atoms with Gasteiger partial charge in [0.25, 0.3) is 0 Å². The first-order chi connectivity index (χ1) is 7.88. The van der Waals surface area contributed by atoms with Crippen LogP contribution in [0.3, 0.4) is 0 Å². The van der Waals surface area contributed by atoms with E-state index in [1.807, 2.05) is 6.92 Å². The molecule has 7 nitrogen and oxygen atoms in total. The van der Waals surface area contributed by atoms with Crippen LogP contribution >= 0.6 is 0 Å². The van der Waals surface area contributed by atoms with E-state index in [2.05, 4.69) is 5.10 Å². The maximum absolute atomic E-state index is 11.7. The molecule has 0 radical (unpaired) electrons. The van der Waals surface area contributed by atoms with Crippen molar-refractivity contribution in [3.05, 3.63) is 21.5 Å². The van der Waals surface area contributed by atoms with Gasteiger partial charge in [-0.15, -0.1) is 0 Å². The van der Waals surface area contributed by atoms with E-state index < -0.39 is 4.92 Å². The fourth-order valence-corrected chi connectivity index (χ4v) is 1.53. The zero-order chi connectivity index (χ0) is 13.2. The Kier molecular flexibility index (Phi) is 3.82. The van der Waals surface area contributed by atoms with Crippen molar-refractivity contribution in [1.29, 1.82) is 0 Å². The maximum Gasteiger partial charge on any atom is 0.312 e. The highest BCUT2D eigenvalue weighted by molar-refractivity contribution is 5.75. The first-order valence-corrected chi connectivity index (χ1v) is 5.30. The molecule has 1 aromatic heterocycles. The number of aromatic nitrogens is 2. The zero-order valence-corrected chi connectivity index (χ0v) is 10.4. The van der Waals surface area contributed by atoms with Gasteiger partial charge in [0.05, 0.1) is 4.92 Å². The van der Waals surface area contributed by atoms with Crippen LogP contribution in [-0.2, 0) is 11.3 Å². The second-order valence-corrected chi connectivity index (χ2v) is 3.84. The first kappa shape index (κ1) is 13.1. The number of hydrogen-bond acceptors (Lipinski definition) is 4. The molecule has 1 rings (SSSR count). The Bertz CT molecular complexity index is 453. The monoisotopic (exact) mass is 240 g/mol. The fourth-order valence-electron chi connectivity index (χ4n) is 1.53. The quantitative estimate of drug-likeness (QED) is 0.578. The van der Waals surface area contributed by atoms with Gasteiger partial charge in [0, 0.05) is 13.6 Å². The normalized spacial score (nSPS) is 10.4. The van der Waals surface area contributed by atoms with Gasteiger partial charge in [-0.05, 0) is 20.8 Å². The van der Waals surface area contributed by atoms with Crippen molar-refractivity contribution in [2.45, 2.75) is 27.3 Å². The average Bonchev–Trinajstić information content (AvgIpc) is 2.52. The summed E-state index contributed by atoms with van der Waals surface area (Å²) in [7, 11) is 1.68. The van der Waals surface area contributed by atoms with E-state index in [-0.39, 0.29) is 18.1 Å². The zero-order valence-electron chi connectivity index (χ0n) is 10.4. The minimum atomic E-state index is -0.470. The predicted octanol–water partition coefficient (Wildman–Crippen LogP) is 0.886. The molecular weight excluding hydrogens is 224 g/mol. The standard InChI is InChI=1S/C10H16N4O3/c1-5-12(4)9(15)6-13-8(3)10(14(16)17)7(2)11-13/h5-6H2,1-4H3. The summed E-state index contributed by atoms with van der Waals surface area (Å²) in [6.07, 6.45) is 0. The molecule has 0 fully saturated rings. The summed E-state index contributed by atoms with van der Waals surface area (Å²) in [4.78, 5) is 23.5. The largest absolute Gasteiger partial charge is 0.344 e. The van der Waals surface area contributed by atoms with Crippen molar-refractivity contribution in [2.24, 2.45) is 0 Å². The SMILES string of the molecule is CCN(C)C(=O)Cn1nc(C)c([N+](=O)[O-])c1C. The van der Waals surface area contributed by atoms with Crippen LogP contribution in [0.15, 0.2) is 0 Å². The summed E-state index contributed by atoms with van der Waals surface area (Å²) in [5, 5.41) is 14.8. The number of rotatable bonds is 4. The van der Waals surface area contributed by atoms with Crippen molar-refractivity contribution in [3.63, 3.8) is 0 Å². The van der Waals surface area contributed by atoms with Crippen LogP contribution in [0.1, 0.15) is 18.3 Å². The van der Waals surface area contributed by atoms with Crippen LogP contribution in [-0.4, -0.2) is 39.1 Å². The third kappa shape index (κ3) is 2.61. The Hall–Kier alpha value is -1.92. The lowest BCUT2D eigenvalue weighted by Crippen LogP contribution is -2.30. The summed E-state index contributed by atoms with van der Waals surface area (Å²) in [5.74, 6) is -0.118. The number of aryl methyl sites for hydroxylation is 1. The molecular formula is C10H16N4O3. The van der Waals surface area contributed by atoms with E-state index in [0.717, 1.165) is 0 Å². The number of carbonyl (C=O) groups is 1. The minimum absolute atomic E-state index is 0.0167. The molecule has 0 aromatic carbocycles. The predicted molar refractivity (Wildman–Crippen MR) is 61.7 cm³/mol. The molecule has 0 atom stereocenters. The maximum atomic E-state index is 11.7. The Morgan fingerprint density at radius 1 is 1.53 bits per heavy atom. The molecule has 1 amide bonds. The summed E-state index contributed by atoms with van der Waals surface area (Å²) in [5.41, 5.74) is 0.724. The van der Waals surface area contributed by atoms with Gasteiger partial charge in [-0.3, -0.25) is 19.6 Å². The minimum Gasteiger partial charge on any atom is -0.344 e. The van der Waals surface area contributed by atoms with Gasteiger partial charge >= 0.3 is 5.69 Å². The second kappa shape index (κ2) is 4.94. The van der Waals surface area contributed by atoms with Gasteiger partial charge < -0.3 is 4.90 Å². The van der Waals surface area contributed by atoms with Crippen molar-refractivity contribution >= 4 is 11.6 Å². The van der Waals surface area contributed by atoms with Crippen molar-refractivity contribution in [2.75, 3.05) is 13.6 Å². The van der Waals surface area contributed by atoms with Crippen LogP contribution in [0, 0.1) is 24.0 Å². The second-order valence-electron chi connectivity index (χ2n) is 3.84. The Morgan fingerprint density at radius 2 is 2.12 bits per heavy atom. The topological polar surface area (TPSA) is 81.3 Å². The van der Waals surface area contributed by atoms with Gasteiger partial charge in [0.15, 0.2) is 0 Å². The highest BCUT2D eigenvalue weighted by atomic mass is 16.6. The van der Waals surface area contributed by atoms with E-state index in [1.54, 1.807) is 25.8 Å². The molecule has 0 aliphatic heterocycles. The van der Waals surface area contributed by atoms with Gasteiger partial charge in [-0.25, -0.2) is 0 Å². The van der Waals surface area contributed by atoms with E-state index in [4.69, 9.17) is 0 Å². The fraction of sp³-hybridized carbons (Fsp3) is 0.600. The lowest BCUT2D eigenvalue weighted by molar-refractivity contribution is -0.386. The molecule has 1 aromatic rings. The van der Waals surface area contributed by atoms with Gasteiger partial charge in [-0.2, -0.15) is 5.10 Å². The van der Waals surface area contributed by atoms with Crippen LogP contribution in [0.4, 0.5) is 5.69 Å². The molecule has 94 valence electrons. The number of nitrogens with zero attached hydrogens (tertiary/aromatic N) is 4. The highest BCUT2D eigenvalue weighted by Gasteiger charge is 2.23. The molecule has 0 aliphatic carbocycles. The number of amides is 1. The number of likely N-dealkylation sites (N-methyl/N-ethyl adjacent to an activating group) is 1. The number of carbonyl (C=O) groups excluding carboxylic acids is 1. The van der Waals surface area contributed by atoms with Crippen LogP contribution in [0.5, 0.6) is 0 Å². The first-order valence-electron chi connectivity index (χ1n) is 5.30. The van der Waals surface area contributed by atoms with E-state index in [9.17, 15) is 14.9 Å². The van der Waals surface area contributed by atoms with Crippen LogP contribution in [0.2, 0.25) is 0 Å². The molecule has 0 saturated carbocycles. The summed E-state index contributed by atoms with van der Waals surface area (Å²) >= 11 is 0.